The number of piperidine rings is 1. The molecular formula is C27H36FN3O3. The fourth-order valence-electron chi connectivity index (χ4n) is 5.43. The van der Waals surface area contributed by atoms with E-state index < -0.39 is 0 Å². The maximum atomic E-state index is 13.9. The Labute approximate surface area is 201 Å². The first-order valence-electron chi connectivity index (χ1n) is 12.2. The molecule has 7 heteroatoms. The van der Waals surface area contributed by atoms with Crippen LogP contribution in [0.1, 0.15) is 54.8 Å². The fourth-order valence-corrected chi connectivity index (χ4v) is 5.43. The molecular weight excluding hydrogens is 433 g/mol. The summed E-state index contributed by atoms with van der Waals surface area (Å²) in [7, 11) is 1.51. The van der Waals surface area contributed by atoms with E-state index in [2.05, 4.69) is 35.8 Å². The highest BCUT2D eigenvalue weighted by Gasteiger charge is 2.36. The molecule has 2 atom stereocenters. The van der Waals surface area contributed by atoms with Crippen molar-refractivity contribution in [2.45, 2.75) is 58.0 Å². The first kappa shape index (κ1) is 24.3. The molecule has 2 aromatic rings. The van der Waals surface area contributed by atoms with E-state index in [9.17, 15) is 9.18 Å². The number of piperazine rings is 1. The molecule has 2 aliphatic rings. The van der Waals surface area contributed by atoms with Crippen LogP contribution in [-0.4, -0.2) is 50.2 Å². The lowest BCUT2D eigenvalue weighted by Gasteiger charge is -2.49. The average molecular weight is 470 g/mol. The Balaban J connectivity index is 1.46. The number of nitrogens with zero attached hydrogens (tertiary/aromatic N) is 2. The van der Waals surface area contributed by atoms with Gasteiger partial charge < -0.3 is 20.1 Å². The smallest absolute Gasteiger partial charge is 0.217 e. The van der Waals surface area contributed by atoms with E-state index in [-0.39, 0.29) is 11.7 Å². The molecule has 1 unspecified atom stereocenters. The van der Waals surface area contributed by atoms with Crippen LogP contribution < -0.4 is 20.1 Å². The summed E-state index contributed by atoms with van der Waals surface area (Å²) in [6, 6.07) is 10.3. The van der Waals surface area contributed by atoms with Crippen molar-refractivity contribution in [3.05, 3.63) is 52.8 Å². The Morgan fingerprint density at radius 2 is 1.94 bits per heavy atom. The summed E-state index contributed by atoms with van der Waals surface area (Å²) in [6.07, 6.45) is 4.49. The number of anilines is 1. The molecule has 2 aromatic carbocycles. The number of rotatable bonds is 8. The highest BCUT2D eigenvalue weighted by Crippen LogP contribution is 2.40. The lowest BCUT2D eigenvalue weighted by atomic mass is 9.86. The summed E-state index contributed by atoms with van der Waals surface area (Å²) in [4.78, 5) is 16.0. The van der Waals surface area contributed by atoms with Gasteiger partial charge in [-0.25, -0.2) is 4.39 Å². The zero-order valence-electron chi connectivity index (χ0n) is 20.5. The van der Waals surface area contributed by atoms with Gasteiger partial charge in [0.05, 0.1) is 13.7 Å². The highest BCUT2D eigenvalue weighted by molar-refractivity contribution is 5.73. The molecule has 1 amide bonds. The van der Waals surface area contributed by atoms with Crippen molar-refractivity contribution in [2.24, 2.45) is 5.73 Å². The molecule has 6 nitrogen and oxygen atoms in total. The van der Waals surface area contributed by atoms with Gasteiger partial charge in [-0.3, -0.25) is 9.69 Å². The van der Waals surface area contributed by atoms with Gasteiger partial charge in [0.15, 0.2) is 11.6 Å². The first-order chi connectivity index (χ1) is 16.4. The third-order valence-electron chi connectivity index (χ3n) is 7.41. The van der Waals surface area contributed by atoms with Crippen molar-refractivity contribution >= 4 is 11.6 Å². The summed E-state index contributed by atoms with van der Waals surface area (Å²) < 4.78 is 25.0. The minimum Gasteiger partial charge on any atom is -0.494 e. The maximum absolute atomic E-state index is 13.9. The van der Waals surface area contributed by atoms with E-state index >= 15 is 0 Å². The number of carbonyl (C=O) groups excluding carboxylic acids is 1. The third-order valence-corrected chi connectivity index (χ3v) is 7.41. The van der Waals surface area contributed by atoms with Crippen molar-refractivity contribution in [3.8, 4) is 11.5 Å². The van der Waals surface area contributed by atoms with Crippen LogP contribution in [0.25, 0.3) is 0 Å². The van der Waals surface area contributed by atoms with Crippen molar-refractivity contribution in [3.63, 3.8) is 0 Å². The normalized spacial score (nSPS) is 20.6. The van der Waals surface area contributed by atoms with Crippen LogP contribution in [0.2, 0.25) is 0 Å². The Morgan fingerprint density at radius 3 is 2.71 bits per heavy atom. The minimum atomic E-state index is -0.325. The number of amides is 1. The first-order valence-corrected chi connectivity index (χ1v) is 12.2. The van der Waals surface area contributed by atoms with Crippen LogP contribution in [0.3, 0.4) is 0 Å². The summed E-state index contributed by atoms with van der Waals surface area (Å²) >= 11 is 0. The maximum Gasteiger partial charge on any atom is 0.217 e. The fraction of sp³-hybridized carbons (Fsp3) is 0.519. The van der Waals surface area contributed by atoms with Gasteiger partial charge in [0.2, 0.25) is 5.91 Å². The predicted octanol–water partition coefficient (Wildman–Crippen LogP) is 4.51. The second-order valence-electron chi connectivity index (χ2n) is 9.42. The number of nitrogens with two attached hydrogens (primary N) is 1. The molecule has 2 saturated heterocycles. The molecule has 0 saturated carbocycles. The lowest BCUT2D eigenvalue weighted by molar-refractivity contribution is -0.118. The van der Waals surface area contributed by atoms with Crippen LogP contribution in [0.4, 0.5) is 10.1 Å². The summed E-state index contributed by atoms with van der Waals surface area (Å²) in [5.41, 5.74) is 10.1. The number of fused-ring (bicyclic) bond motifs is 1. The molecule has 0 spiro atoms. The topological polar surface area (TPSA) is 68.0 Å². The average Bonchev–Trinajstić information content (AvgIpc) is 2.84. The van der Waals surface area contributed by atoms with Crippen molar-refractivity contribution in [2.75, 3.05) is 38.3 Å². The largest absolute Gasteiger partial charge is 0.494 e. The van der Waals surface area contributed by atoms with Gasteiger partial charge in [-0.05, 0) is 74.4 Å². The number of benzene rings is 2. The van der Waals surface area contributed by atoms with Gasteiger partial charge in [0.25, 0.3) is 0 Å². The van der Waals surface area contributed by atoms with Gasteiger partial charge in [-0.1, -0.05) is 6.07 Å². The number of ether oxygens (including phenoxy) is 2. The van der Waals surface area contributed by atoms with Crippen LogP contribution >= 0.6 is 0 Å². The Hall–Kier alpha value is -2.80. The summed E-state index contributed by atoms with van der Waals surface area (Å²) in [5, 5.41) is 0. The van der Waals surface area contributed by atoms with Gasteiger partial charge in [0.1, 0.15) is 5.75 Å². The summed E-state index contributed by atoms with van der Waals surface area (Å²) in [5.74, 6) is 0.559. The van der Waals surface area contributed by atoms with Crippen molar-refractivity contribution < 1.29 is 18.7 Å². The van der Waals surface area contributed by atoms with Gasteiger partial charge >= 0.3 is 0 Å². The molecule has 4 rings (SSSR count). The second-order valence-corrected chi connectivity index (χ2v) is 9.42. The zero-order valence-corrected chi connectivity index (χ0v) is 20.5. The predicted molar refractivity (Wildman–Crippen MR) is 132 cm³/mol. The molecule has 0 aromatic heterocycles. The van der Waals surface area contributed by atoms with Crippen molar-refractivity contribution in [1.29, 1.82) is 0 Å². The molecule has 2 fully saturated rings. The Bertz CT molecular complexity index is 1030. The number of carbonyl (C=O) groups is 1. The molecule has 0 bridgehead atoms. The molecule has 2 heterocycles. The number of halogens is 1. The van der Waals surface area contributed by atoms with Crippen molar-refractivity contribution in [1.82, 2.24) is 4.90 Å². The Morgan fingerprint density at radius 1 is 1.12 bits per heavy atom. The lowest BCUT2D eigenvalue weighted by Crippen LogP contribution is -2.56. The standard InChI is InChI=1S/C27H36FN3O3/c1-18-19(2)25(34-15-5-8-27(29)32)12-10-22(18)24-7-4-6-21-17-30(13-14-31(21)24)20-9-11-23(28)26(16-20)33-3/h9-12,16,21,24H,4-8,13-15,17H2,1-3H3,(H2,29,32)/t21?,24-/m1/s1. The molecule has 184 valence electrons. The second kappa shape index (κ2) is 10.6. The highest BCUT2D eigenvalue weighted by atomic mass is 19.1. The minimum absolute atomic E-state index is 0.294. The number of hydrogen-bond donors (Lipinski definition) is 1. The SMILES string of the molecule is COc1cc(N2CCN3C(CCC[C@@H]3c3ccc(OCCCC(N)=O)c(C)c3C)C2)ccc1F. The molecule has 2 N–H and O–H groups in total. The molecule has 34 heavy (non-hydrogen) atoms. The third kappa shape index (κ3) is 5.14. The number of hydrogen-bond acceptors (Lipinski definition) is 5. The van der Waals surface area contributed by atoms with E-state index in [1.807, 2.05) is 6.07 Å². The van der Waals surface area contributed by atoms with E-state index in [1.165, 1.54) is 37.1 Å². The van der Waals surface area contributed by atoms with Gasteiger partial charge in [-0.2, -0.15) is 0 Å². The van der Waals surface area contributed by atoms with Crippen LogP contribution in [0.5, 0.6) is 11.5 Å². The number of primary amides is 1. The quantitative estimate of drug-likeness (QED) is 0.576. The van der Waals surface area contributed by atoms with E-state index in [4.69, 9.17) is 15.2 Å². The Kier molecular flexibility index (Phi) is 7.61. The van der Waals surface area contributed by atoms with E-state index in [1.54, 1.807) is 6.07 Å². The van der Waals surface area contributed by atoms with Gasteiger partial charge in [-0.15, -0.1) is 0 Å². The number of methoxy groups -OCH3 is 1. The molecule has 0 radical (unpaired) electrons. The van der Waals surface area contributed by atoms with E-state index in [0.29, 0.717) is 37.3 Å². The monoisotopic (exact) mass is 469 g/mol. The molecule has 2 aliphatic heterocycles. The summed E-state index contributed by atoms with van der Waals surface area (Å²) in [6.45, 7) is 7.60. The van der Waals surface area contributed by atoms with Crippen LogP contribution in [0.15, 0.2) is 30.3 Å². The van der Waals surface area contributed by atoms with Crippen LogP contribution in [0, 0.1) is 19.7 Å². The van der Waals surface area contributed by atoms with Gasteiger partial charge in [0, 0.05) is 49.9 Å². The molecule has 0 aliphatic carbocycles. The zero-order chi connectivity index (χ0) is 24.2. The van der Waals surface area contributed by atoms with E-state index in [0.717, 1.165) is 43.1 Å². The van der Waals surface area contributed by atoms with Crippen LogP contribution in [-0.2, 0) is 4.79 Å².